The first-order chi connectivity index (χ1) is 8.49. The van der Waals surface area contributed by atoms with Gasteiger partial charge in [-0.1, -0.05) is 0 Å². The molecule has 0 aliphatic heterocycles. The Morgan fingerprint density at radius 1 is 1.39 bits per heavy atom. The number of nitrogens with zero attached hydrogens (tertiary/aromatic N) is 1. The fourth-order valence-electron chi connectivity index (χ4n) is 1.50. The molecule has 2 rings (SSSR count). The predicted octanol–water partition coefficient (Wildman–Crippen LogP) is 1.19. The number of carboxylic acids is 1. The van der Waals surface area contributed by atoms with Crippen molar-refractivity contribution in [1.29, 1.82) is 0 Å². The zero-order valence-electron chi connectivity index (χ0n) is 9.25. The van der Waals surface area contributed by atoms with Crippen molar-refractivity contribution in [3.8, 4) is 0 Å². The maximum absolute atomic E-state index is 11.7. The van der Waals surface area contributed by atoms with E-state index in [0.717, 1.165) is 18.9 Å². The van der Waals surface area contributed by atoms with E-state index in [1.807, 2.05) is 0 Å². The summed E-state index contributed by atoms with van der Waals surface area (Å²) in [6.07, 6.45) is 1.74. The van der Waals surface area contributed by atoms with Gasteiger partial charge in [0.2, 0.25) is 0 Å². The molecule has 0 heterocycles. The number of carbonyl (C=O) groups is 2. The van der Waals surface area contributed by atoms with Crippen molar-refractivity contribution in [2.75, 3.05) is 0 Å². The summed E-state index contributed by atoms with van der Waals surface area (Å²) in [5, 5.41) is 22.2. The molecule has 1 aromatic rings. The number of hydrogen-bond donors (Lipinski definition) is 2. The Balaban J connectivity index is 2.35. The number of nitro benzene ring substituents is 1. The fourth-order valence-corrected chi connectivity index (χ4v) is 1.50. The van der Waals surface area contributed by atoms with Crippen LogP contribution in [0.1, 0.15) is 33.6 Å². The Kier molecular flexibility index (Phi) is 2.97. The third-order valence-corrected chi connectivity index (χ3v) is 2.60. The Bertz CT molecular complexity index is 536. The fraction of sp³-hybridized carbons (Fsp3) is 0.273. The molecule has 94 valence electrons. The highest BCUT2D eigenvalue weighted by molar-refractivity contribution is 6.00. The number of carbonyl (C=O) groups excluding carboxylic acids is 1. The minimum absolute atomic E-state index is 0.0799. The second-order valence-corrected chi connectivity index (χ2v) is 4.04. The van der Waals surface area contributed by atoms with Gasteiger partial charge in [0.1, 0.15) is 5.56 Å². The summed E-state index contributed by atoms with van der Waals surface area (Å²) in [7, 11) is 0. The normalized spacial score (nSPS) is 14.0. The molecule has 0 atom stereocenters. The standard InChI is InChI=1S/C11H10N2O5/c14-10(12-7-2-3-7)8-4-1-6(11(15)16)5-9(8)13(17)18/h1,4-5,7H,2-3H2,(H,12,14)(H,15,16). The lowest BCUT2D eigenvalue weighted by atomic mass is 10.1. The third kappa shape index (κ3) is 2.45. The molecule has 1 fully saturated rings. The summed E-state index contributed by atoms with van der Waals surface area (Å²) in [6.45, 7) is 0. The Hall–Kier alpha value is -2.44. The van der Waals surface area contributed by atoms with E-state index in [0.29, 0.717) is 0 Å². The lowest BCUT2D eigenvalue weighted by Gasteiger charge is -2.04. The third-order valence-electron chi connectivity index (χ3n) is 2.60. The smallest absolute Gasteiger partial charge is 0.335 e. The molecule has 0 spiro atoms. The van der Waals surface area contributed by atoms with E-state index < -0.39 is 22.5 Å². The van der Waals surface area contributed by atoms with E-state index in [1.165, 1.54) is 12.1 Å². The zero-order chi connectivity index (χ0) is 13.3. The van der Waals surface area contributed by atoms with Crippen molar-refractivity contribution < 1.29 is 19.6 Å². The van der Waals surface area contributed by atoms with Crippen LogP contribution in [0.5, 0.6) is 0 Å². The molecule has 1 saturated carbocycles. The maximum atomic E-state index is 11.7. The molecule has 0 aromatic heterocycles. The summed E-state index contributed by atoms with van der Waals surface area (Å²) in [5.74, 6) is -1.81. The molecular formula is C11H10N2O5. The second kappa shape index (κ2) is 4.44. The molecule has 18 heavy (non-hydrogen) atoms. The zero-order valence-corrected chi connectivity index (χ0v) is 9.25. The van der Waals surface area contributed by atoms with Gasteiger partial charge in [-0.25, -0.2) is 4.79 Å². The highest BCUT2D eigenvalue weighted by atomic mass is 16.6. The van der Waals surface area contributed by atoms with E-state index in [2.05, 4.69) is 5.32 Å². The van der Waals surface area contributed by atoms with Crippen LogP contribution < -0.4 is 5.32 Å². The molecule has 7 nitrogen and oxygen atoms in total. The first-order valence-electron chi connectivity index (χ1n) is 5.31. The Morgan fingerprint density at radius 2 is 2.06 bits per heavy atom. The van der Waals surface area contributed by atoms with E-state index in [-0.39, 0.29) is 17.2 Å². The van der Waals surface area contributed by atoms with E-state index in [9.17, 15) is 19.7 Å². The van der Waals surface area contributed by atoms with Crippen molar-refractivity contribution in [3.63, 3.8) is 0 Å². The molecule has 2 N–H and O–H groups in total. The highest BCUT2D eigenvalue weighted by Crippen LogP contribution is 2.23. The van der Waals surface area contributed by atoms with E-state index >= 15 is 0 Å². The molecule has 1 aromatic carbocycles. The molecule has 0 radical (unpaired) electrons. The van der Waals surface area contributed by atoms with Gasteiger partial charge in [-0.3, -0.25) is 14.9 Å². The summed E-state index contributed by atoms with van der Waals surface area (Å²) in [6, 6.07) is 3.32. The monoisotopic (exact) mass is 250 g/mol. The number of benzene rings is 1. The predicted molar refractivity (Wildman–Crippen MR) is 60.5 cm³/mol. The van der Waals surface area contributed by atoms with Crippen LogP contribution in [0.2, 0.25) is 0 Å². The van der Waals surface area contributed by atoms with Crippen molar-refractivity contribution in [3.05, 3.63) is 39.4 Å². The van der Waals surface area contributed by atoms with Crippen LogP contribution >= 0.6 is 0 Å². The molecule has 0 saturated heterocycles. The number of hydrogen-bond acceptors (Lipinski definition) is 4. The lowest BCUT2D eigenvalue weighted by Crippen LogP contribution is -2.26. The van der Waals surface area contributed by atoms with E-state index in [1.54, 1.807) is 0 Å². The first kappa shape index (κ1) is 12.0. The summed E-state index contributed by atoms with van der Waals surface area (Å²) in [5.41, 5.74) is -0.824. The number of amides is 1. The van der Waals surface area contributed by atoms with Crippen LogP contribution in [-0.2, 0) is 0 Å². The summed E-state index contributed by atoms with van der Waals surface area (Å²) >= 11 is 0. The van der Waals surface area contributed by atoms with Gasteiger partial charge in [0.05, 0.1) is 10.5 Å². The number of aromatic carboxylic acids is 1. The van der Waals surface area contributed by atoms with Crippen molar-refractivity contribution in [2.45, 2.75) is 18.9 Å². The van der Waals surface area contributed by atoms with Crippen molar-refractivity contribution in [1.82, 2.24) is 5.32 Å². The molecule has 1 aliphatic rings. The Morgan fingerprint density at radius 3 is 2.56 bits per heavy atom. The van der Waals surface area contributed by atoms with Gasteiger partial charge in [-0.05, 0) is 25.0 Å². The van der Waals surface area contributed by atoms with Crippen molar-refractivity contribution >= 4 is 17.6 Å². The van der Waals surface area contributed by atoms with Gasteiger partial charge in [0.25, 0.3) is 11.6 Å². The number of nitrogens with one attached hydrogen (secondary N) is 1. The topological polar surface area (TPSA) is 110 Å². The SMILES string of the molecule is O=C(O)c1ccc(C(=O)NC2CC2)c([N+](=O)[O-])c1. The maximum Gasteiger partial charge on any atom is 0.335 e. The molecular weight excluding hydrogens is 240 g/mol. The molecule has 7 heteroatoms. The van der Waals surface area contributed by atoms with Gasteiger partial charge >= 0.3 is 5.97 Å². The van der Waals surface area contributed by atoms with E-state index in [4.69, 9.17) is 5.11 Å². The van der Waals surface area contributed by atoms with Crippen molar-refractivity contribution in [2.24, 2.45) is 0 Å². The average molecular weight is 250 g/mol. The van der Waals surface area contributed by atoms with Crippen LogP contribution in [-0.4, -0.2) is 27.9 Å². The Labute approximate surface area is 102 Å². The summed E-state index contributed by atoms with van der Waals surface area (Å²) < 4.78 is 0. The molecule has 1 amide bonds. The van der Waals surface area contributed by atoms with Gasteiger partial charge in [-0.15, -0.1) is 0 Å². The molecule has 0 unspecified atom stereocenters. The molecule has 0 bridgehead atoms. The van der Waals surface area contributed by atoms with Gasteiger partial charge in [0.15, 0.2) is 0 Å². The van der Waals surface area contributed by atoms with Gasteiger partial charge < -0.3 is 10.4 Å². The van der Waals surface area contributed by atoms with Crippen LogP contribution in [0.25, 0.3) is 0 Å². The van der Waals surface area contributed by atoms with Crippen LogP contribution in [0.15, 0.2) is 18.2 Å². The largest absolute Gasteiger partial charge is 0.478 e. The van der Waals surface area contributed by atoms with Gasteiger partial charge in [-0.2, -0.15) is 0 Å². The highest BCUT2D eigenvalue weighted by Gasteiger charge is 2.28. The van der Waals surface area contributed by atoms with Gasteiger partial charge in [0, 0.05) is 12.1 Å². The quantitative estimate of drug-likeness (QED) is 0.616. The second-order valence-electron chi connectivity index (χ2n) is 4.04. The number of carboxylic acid groups (broad SMARTS) is 1. The number of rotatable bonds is 4. The first-order valence-corrected chi connectivity index (χ1v) is 5.31. The lowest BCUT2D eigenvalue weighted by molar-refractivity contribution is -0.385. The van der Waals surface area contributed by atoms with Crippen LogP contribution in [0.3, 0.4) is 0 Å². The van der Waals surface area contributed by atoms with Crippen LogP contribution in [0, 0.1) is 10.1 Å². The average Bonchev–Trinajstić information content (AvgIpc) is 3.11. The minimum atomic E-state index is -1.27. The minimum Gasteiger partial charge on any atom is -0.478 e. The van der Waals surface area contributed by atoms with Crippen LogP contribution in [0.4, 0.5) is 5.69 Å². The molecule has 1 aliphatic carbocycles. The number of nitro groups is 1. The summed E-state index contributed by atoms with van der Waals surface area (Å²) in [4.78, 5) is 32.5.